The molecule has 0 heterocycles. The molecule has 0 radical (unpaired) electrons. The number of allylic oxidation sites excluding steroid dienone is 3. The Bertz CT molecular complexity index is 175. The summed E-state index contributed by atoms with van der Waals surface area (Å²) in [6.45, 7) is 5.13. The van der Waals surface area contributed by atoms with Crippen LogP contribution in [0.5, 0.6) is 0 Å². The van der Waals surface area contributed by atoms with Gasteiger partial charge in [0, 0.05) is 18.8 Å². The normalized spacial score (nSPS) is 13.9. The summed E-state index contributed by atoms with van der Waals surface area (Å²) in [5.41, 5.74) is -0.596. The van der Waals surface area contributed by atoms with Gasteiger partial charge in [-0.15, -0.1) is 0 Å². The van der Waals surface area contributed by atoms with Crippen LogP contribution in [0.4, 0.5) is 4.39 Å². The molecule has 1 N–H and O–H groups in total. The second-order valence-electron chi connectivity index (χ2n) is 3.17. The summed E-state index contributed by atoms with van der Waals surface area (Å²) in [7, 11) is 1.77. The predicted molar refractivity (Wildman–Crippen MR) is 51.8 cm³/mol. The summed E-state index contributed by atoms with van der Waals surface area (Å²) in [6, 6.07) is 0. The lowest BCUT2D eigenvalue weighted by Gasteiger charge is -2.15. The highest BCUT2D eigenvalue weighted by Crippen LogP contribution is 2.20. The van der Waals surface area contributed by atoms with Gasteiger partial charge in [0.25, 0.3) is 0 Å². The van der Waals surface area contributed by atoms with Crippen LogP contribution in [0, 0.1) is 0 Å². The van der Waals surface area contributed by atoms with Crippen LogP contribution < -0.4 is 5.32 Å². The first kappa shape index (κ1) is 11.2. The fraction of sp³-hybridized carbons (Fsp3) is 0.600. The number of hydrogen-bond donors (Lipinski definition) is 1. The quantitative estimate of drug-likeness (QED) is 0.641. The van der Waals surface area contributed by atoms with Crippen molar-refractivity contribution in [3.05, 3.63) is 23.9 Å². The van der Waals surface area contributed by atoms with E-state index in [9.17, 15) is 4.39 Å². The summed E-state index contributed by atoms with van der Waals surface area (Å²) in [4.78, 5) is 0. The van der Waals surface area contributed by atoms with E-state index in [0.29, 0.717) is 5.57 Å². The zero-order valence-electron chi connectivity index (χ0n) is 8.32. The summed E-state index contributed by atoms with van der Waals surface area (Å²) in [5, 5.41) is 2.83. The van der Waals surface area contributed by atoms with E-state index in [4.69, 9.17) is 0 Å². The standard InChI is InChI=1S/C10H18FN/c1-5-6-7-9(8-12-4)10(2,3)11/h6-8,12H,5H2,1-4H3/b7-6+,9-8+. The van der Waals surface area contributed by atoms with Gasteiger partial charge in [0.15, 0.2) is 0 Å². The Morgan fingerprint density at radius 2 is 2.08 bits per heavy atom. The van der Waals surface area contributed by atoms with Crippen molar-refractivity contribution < 1.29 is 4.39 Å². The molecule has 0 rings (SSSR count). The highest BCUT2D eigenvalue weighted by atomic mass is 19.1. The van der Waals surface area contributed by atoms with Crippen molar-refractivity contribution >= 4 is 0 Å². The first-order chi connectivity index (χ1) is 5.52. The highest BCUT2D eigenvalue weighted by Gasteiger charge is 2.18. The van der Waals surface area contributed by atoms with Crippen molar-refractivity contribution in [2.75, 3.05) is 7.05 Å². The minimum absolute atomic E-state index is 0.673. The van der Waals surface area contributed by atoms with E-state index in [1.54, 1.807) is 27.1 Å². The molecule has 1 nitrogen and oxygen atoms in total. The molecule has 0 saturated heterocycles. The molecule has 0 bridgehead atoms. The van der Waals surface area contributed by atoms with Crippen LogP contribution in [-0.2, 0) is 0 Å². The molecule has 0 aromatic rings. The van der Waals surface area contributed by atoms with Gasteiger partial charge in [-0.2, -0.15) is 0 Å². The molecule has 2 heteroatoms. The Morgan fingerprint density at radius 3 is 2.42 bits per heavy atom. The van der Waals surface area contributed by atoms with E-state index in [1.807, 2.05) is 19.1 Å². The van der Waals surface area contributed by atoms with E-state index in [-0.39, 0.29) is 0 Å². The molecule has 70 valence electrons. The smallest absolute Gasteiger partial charge is 0.131 e. The molecule has 0 aliphatic heterocycles. The molecule has 0 amide bonds. The molecular formula is C10H18FN. The Labute approximate surface area is 74.4 Å². The van der Waals surface area contributed by atoms with Crippen LogP contribution in [0.25, 0.3) is 0 Å². The first-order valence-corrected chi connectivity index (χ1v) is 4.25. The van der Waals surface area contributed by atoms with Crippen LogP contribution in [0.15, 0.2) is 23.9 Å². The molecule has 0 saturated carbocycles. The van der Waals surface area contributed by atoms with Gasteiger partial charge in [0.1, 0.15) is 5.67 Å². The molecule has 0 aliphatic rings. The van der Waals surface area contributed by atoms with E-state index >= 15 is 0 Å². The van der Waals surface area contributed by atoms with E-state index in [0.717, 1.165) is 6.42 Å². The maximum Gasteiger partial charge on any atom is 0.131 e. The van der Waals surface area contributed by atoms with Crippen molar-refractivity contribution in [1.82, 2.24) is 5.32 Å². The lowest BCUT2D eigenvalue weighted by molar-refractivity contribution is 0.273. The minimum Gasteiger partial charge on any atom is -0.394 e. The van der Waals surface area contributed by atoms with Crippen molar-refractivity contribution in [3.63, 3.8) is 0 Å². The fourth-order valence-electron chi connectivity index (χ4n) is 0.818. The second kappa shape index (κ2) is 4.96. The lowest BCUT2D eigenvalue weighted by Crippen LogP contribution is -2.16. The summed E-state index contributed by atoms with van der Waals surface area (Å²) in [6.07, 6.45) is 6.38. The van der Waals surface area contributed by atoms with Crippen LogP contribution in [-0.4, -0.2) is 12.7 Å². The molecule has 0 unspecified atom stereocenters. The van der Waals surface area contributed by atoms with Gasteiger partial charge < -0.3 is 5.32 Å². The van der Waals surface area contributed by atoms with E-state index in [1.165, 1.54) is 0 Å². The maximum absolute atomic E-state index is 13.4. The van der Waals surface area contributed by atoms with Crippen LogP contribution in [0.2, 0.25) is 0 Å². The highest BCUT2D eigenvalue weighted by molar-refractivity contribution is 5.26. The summed E-state index contributed by atoms with van der Waals surface area (Å²) < 4.78 is 13.4. The lowest BCUT2D eigenvalue weighted by atomic mass is 10.0. The van der Waals surface area contributed by atoms with Gasteiger partial charge >= 0.3 is 0 Å². The molecule has 0 spiro atoms. The van der Waals surface area contributed by atoms with E-state index < -0.39 is 5.67 Å². The topological polar surface area (TPSA) is 12.0 Å². The maximum atomic E-state index is 13.4. The number of rotatable bonds is 4. The number of alkyl halides is 1. The second-order valence-corrected chi connectivity index (χ2v) is 3.17. The fourth-order valence-corrected chi connectivity index (χ4v) is 0.818. The molecule has 0 aliphatic carbocycles. The zero-order chi connectivity index (χ0) is 9.61. The number of hydrogen-bond acceptors (Lipinski definition) is 1. The van der Waals surface area contributed by atoms with Gasteiger partial charge in [-0.3, -0.25) is 0 Å². The van der Waals surface area contributed by atoms with Gasteiger partial charge in [0.2, 0.25) is 0 Å². The molecular weight excluding hydrogens is 153 g/mol. The Balaban J connectivity index is 4.46. The molecule has 0 aromatic heterocycles. The average Bonchev–Trinajstić information content (AvgIpc) is 1.95. The number of halogens is 1. The molecule has 0 fully saturated rings. The third-order valence-electron chi connectivity index (χ3n) is 1.52. The summed E-state index contributed by atoms with van der Waals surface area (Å²) in [5.74, 6) is 0. The largest absolute Gasteiger partial charge is 0.394 e. The van der Waals surface area contributed by atoms with Crippen molar-refractivity contribution in [1.29, 1.82) is 0 Å². The van der Waals surface area contributed by atoms with Crippen molar-refractivity contribution in [2.24, 2.45) is 0 Å². The van der Waals surface area contributed by atoms with Gasteiger partial charge in [0.05, 0.1) is 0 Å². The third-order valence-corrected chi connectivity index (χ3v) is 1.52. The Hall–Kier alpha value is -0.790. The van der Waals surface area contributed by atoms with Gasteiger partial charge in [-0.25, -0.2) is 4.39 Å². The van der Waals surface area contributed by atoms with Gasteiger partial charge in [-0.1, -0.05) is 19.1 Å². The van der Waals surface area contributed by atoms with Crippen molar-refractivity contribution in [2.45, 2.75) is 32.9 Å². The molecule has 0 atom stereocenters. The zero-order valence-corrected chi connectivity index (χ0v) is 8.32. The SMILES string of the molecule is CC/C=C/C(=C\NC)C(C)(C)F. The predicted octanol–water partition coefficient (Wildman–Crippen LogP) is 2.80. The average molecular weight is 171 g/mol. The van der Waals surface area contributed by atoms with E-state index in [2.05, 4.69) is 5.32 Å². The first-order valence-electron chi connectivity index (χ1n) is 4.25. The molecule has 12 heavy (non-hydrogen) atoms. The van der Waals surface area contributed by atoms with Crippen LogP contribution >= 0.6 is 0 Å². The minimum atomic E-state index is -1.27. The van der Waals surface area contributed by atoms with Crippen molar-refractivity contribution in [3.8, 4) is 0 Å². The molecule has 0 aromatic carbocycles. The monoisotopic (exact) mass is 171 g/mol. The Kier molecular flexibility index (Phi) is 4.64. The van der Waals surface area contributed by atoms with Gasteiger partial charge in [-0.05, 0) is 20.3 Å². The van der Waals surface area contributed by atoms with Crippen LogP contribution in [0.3, 0.4) is 0 Å². The van der Waals surface area contributed by atoms with Crippen LogP contribution in [0.1, 0.15) is 27.2 Å². The summed E-state index contributed by atoms with van der Waals surface area (Å²) >= 11 is 0. The Morgan fingerprint density at radius 1 is 1.50 bits per heavy atom. The third kappa shape index (κ3) is 4.16. The number of nitrogens with one attached hydrogen (secondary N) is 1.